The third kappa shape index (κ3) is 2.12. The lowest BCUT2D eigenvalue weighted by Crippen LogP contribution is -2.13. The van der Waals surface area contributed by atoms with Crippen molar-refractivity contribution in [1.82, 2.24) is 0 Å². The highest BCUT2D eigenvalue weighted by Crippen LogP contribution is 2.50. The monoisotopic (exact) mass is 268 g/mol. The normalized spacial score (nSPS) is 11.9. The van der Waals surface area contributed by atoms with Crippen molar-refractivity contribution in [2.45, 2.75) is 26.2 Å². The molecule has 0 saturated heterocycles. The minimum absolute atomic E-state index is 0.0365. The topological polar surface area (TPSA) is 40.5 Å². The van der Waals surface area contributed by atoms with Crippen LogP contribution in [0, 0.1) is 0 Å². The molecule has 2 N–H and O–H groups in total. The van der Waals surface area contributed by atoms with Crippen LogP contribution >= 0.6 is 34.8 Å². The quantitative estimate of drug-likeness (QED) is 0.543. The largest absolute Gasteiger partial charge is 0.503 e. The Labute approximate surface area is 103 Å². The molecule has 84 valence electrons. The highest BCUT2D eigenvalue weighted by Gasteiger charge is 2.28. The van der Waals surface area contributed by atoms with Crippen molar-refractivity contribution in [2.75, 3.05) is 0 Å². The molecule has 0 saturated carbocycles. The molecule has 0 atom stereocenters. The summed E-state index contributed by atoms with van der Waals surface area (Å²) >= 11 is 17.6. The molecule has 2 nitrogen and oxygen atoms in total. The van der Waals surface area contributed by atoms with E-state index in [0.29, 0.717) is 5.56 Å². The lowest BCUT2D eigenvalue weighted by molar-refractivity contribution is 0.402. The molecule has 1 rings (SSSR count). The van der Waals surface area contributed by atoms with Gasteiger partial charge in [-0.25, -0.2) is 0 Å². The Hall–Kier alpha value is -0.310. The van der Waals surface area contributed by atoms with Crippen molar-refractivity contribution >= 4 is 34.8 Å². The fourth-order valence-corrected chi connectivity index (χ4v) is 2.46. The molecule has 0 spiro atoms. The van der Waals surface area contributed by atoms with Crippen molar-refractivity contribution < 1.29 is 10.2 Å². The molecule has 0 aromatic heterocycles. The van der Waals surface area contributed by atoms with Crippen LogP contribution in [-0.4, -0.2) is 10.2 Å². The van der Waals surface area contributed by atoms with Crippen molar-refractivity contribution in [3.05, 3.63) is 20.6 Å². The van der Waals surface area contributed by atoms with Gasteiger partial charge < -0.3 is 10.2 Å². The number of benzene rings is 1. The minimum atomic E-state index is -0.486. The van der Waals surface area contributed by atoms with E-state index in [4.69, 9.17) is 34.8 Å². The lowest BCUT2D eigenvalue weighted by atomic mass is 9.86. The van der Waals surface area contributed by atoms with Gasteiger partial charge in [-0.15, -0.1) is 0 Å². The number of halogens is 3. The van der Waals surface area contributed by atoms with Crippen LogP contribution < -0.4 is 0 Å². The maximum absolute atomic E-state index is 9.53. The standard InChI is InChI=1S/C10H11Cl3O2/c1-10(2,3)4-5(11)7(13)9(15)8(14)6(4)12/h14-15H,1-3H3. The summed E-state index contributed by atoms with van der Waals surface area (Å²) in [7, 11) is 0. The second kappa shape index (κ2) is 3.93. The van der Waals surface area contributed by atoms with Crippen LogP contribution in [0.3, 0.4) is 0 Å². The molecule has 0 radical (unpaired) electrons. The first-order chi connectivity index (χ1) is 6.68. The molecule has 0 bridgehead atoms. The van der Waals surface area contributed by atoms with E-state index in [-0.39, 0.29) is 20.5 Å². The summed E-state index contributed by atoms with van der Waals surface area (Å²) in [5.74, 6) is -0.921. The predicted molar refractivity (Wildman–Crippen MR) is 63.5 cm³/mol. The van der Waals surface area contributed by atoms with E-state index in [1.165, 1.54) is 0 Å². The number of aromatic hydroxyl groups is 2. The van der Waals surface area contributed by atoms with Crippen molar-refractivity contribution in [3.8, 4) is 11.5 Å². The van der Waals surface area contributed by atoms with Crippen LogP contribution in [0.25, 0.3) is 0 Å². The van der Waals surface area contributed by atoms with E-state index in [2.05, 4.69) is 0 Å². The first-order valence-electron chi connectivity index (χ1n) is 4.26. The Kier molecular flexibility index (Phi) is 3.34. The SMILES string of the molecule is CC(C)(C)c1c(Cl)c(O)c(O)c(Cl)c1Cl. The zero-order chi connectivity index (χ0) is 12.0. The molecule has 1 aromatic rings. The van der Waals surface area contributed by atoms with Crippen LogP contribution in [0.2, 0.25) is 15.1 Å². The van der Waals surface area contributed by atoms with Crippen LogP contribution in [-0.2, 0) is 5.41 Å². The highest BCUT2D eigenvalue weighted by atomic mass is 35.5. The van der Waals surface area contributed by atoms with E-state index < -0.39 is 11.5 Å². The zero-order valence-corrected chi connectivity index (χ0v) is 10.8. The molecule has 0 unspecified atom stereocenters. The van der Waals surface area contributed by atoms with Crippen molar-refractivity contribution in [1.29, 1.82) is 0 Å². The van der Waals surface area contributed by atoms with Gasteiger partial charge in [0.05, 0.1) is 10.0 Å². The third-order valence-electron chi connectivity index (χ3n) is 2.02. The summed E-state index contributed by atoms with van der Waals surface area (Å²) in [6.45, 7) is 5.65. The smallest absolute Gasteiger partial charge is 0.179 e. The zero-order valence-electron chi connectivity index (χ0n) is 8.53. The van der Waals surface area contributed by atoms with Gasteiger partial charge in [-0.05, 0) is 5.41 Å². The Morgan fingerprint density at radius 2 is 1.20 bits per heavy atom. The Morgan fingerprint density at radius 3 is 1.60 bits per heavy atom. The number of rotatable bonds is 0. The Morgan fingerprint density at radius 1 is 0.800 bits per heavy atom. The van der Waals surface area contributed by atoms with Crippen LogP contribution in [0.5, 0.6) is 11.5 Å². The van der Waals surface area contributed by atoms with Gasteiger partial charge in [0.25, 0.3) is 0 Å². The number of phenols is 2. The maximum Gasteiger partial charge on any atom is 0.179 e. The first-order valence-corrected chi connectivity index (χ1v) is 5.40. The summed E-state index contributed by atoms with van der Waals surface area (Å²) < 4.78 is 0. The molecule has 0 aliphatic rings. The van der Waals surface area contributed by atoms with Crippen LogP contribution in [0.1, 0.15) is 26.3 Å². The summed E-state index contributed by atoms with van der Waals surface area (Å²) in [6.07, 6.45) is 0. The van der Waals surface area contributed by atoms with Crippen molar-refractivity contribution in [3.63, 3.8) is 0 Å². The fraction of sp³-hybridized carbons (Fsp3) is 0.400. The van der Waals surface area contributed by atoms with E-state index in [1.54, 1.807) is 0 Å². The fourth-order valence-electron chi connectivity index (χ4n) is 1.29. The average Bonchev–Trinajstić information content (AvgIpc) is 2.09. The lowest BCUT2D eigenvalue weighted by Gasteiger charge is -2.23. The van der Waals surface area contributed by atoms with Gasteiger partial charge >= 0.3 is 0 Å². The molecular weight excluding hydrogens is 258 g/mol. The summed E-state index contributed by atoms with van der Waals surface area (Å²) in [5.41, 5.74) is 0.148. The molecule has 0 heterocycles. The number of hydrogen-bond donors (Lipinski definition) is 2. The van der Waals surface area contributed by atoms with Crippen LogP contribution in [0.15, 0.2) is 0 Å². The number of phenolic OH excluding ortho intramolecular Hbond substituents is 2. The summed E-state index contributed by atoms with van der Waals surface area (Å²) in [5, 5.41) is 19.1. The van der Waals surface area contributed by atoms with Gasteiger partial charge in [0.1, 0.15) is 5.02 Å². The molecule has 0 fully saturated rings. The van der Waals surface area contributed by atoms with Gasteiger partial charge in [0.2, 0.25) is 0 Å². The highest BCUT2D eigenvalue weighted by molar-refractivity contribution is 6.45. The molecule has 0 aliphatic heterocycles. The first kappa shape index (κ1) is 12.8. The van der Waals surface area contributed by atoms with Gasteiger partial charge in [0, 0.05) is 5.56 Å². The van der Waals surface area contributed by atoms with Gasteiger partial charge in [-0.2, -0.15) is 0 Å². The van der Waals surface area contributed by atoms with Gasteiger partial charge in [0.15, 0.2) is 11.5 Å². The average molecular weight is 270 g/mol. The van der Waals surface area contributed by atoms with E-state index >= 15 is 0 Å². The van der Waals surface area contributed by atoms with Crippen LogP contribution in [0.4, 0.5) is 0 Å². The van der Waals surface area contributed by atoms with E-state index in [1.807, 2.05) is 20.8 Å². The third-order valence-corrected chi connectivity index (χ3v) is 3.23. The second-order valence-corrected chi connectivity index (χ2v) is 5.40. The molecule has 1 aromatic carbocycles. The molecule has 5 heteroatoms. The molecule has 0 aliphatic carbocycles. The second-order valence-electron chi connectivity index (χ2n) is 4.26. The Bertz CT molecular complexity index is 379. The minimum Gasteiger partial charge on any atom is -0.503 e. The van der Waals surface area contributed by atoms with E-state index in [0.717, 1.165) is 0 Å². The molecule has 15 heavy (non-hydrogen) atoms. The Balaban J connectivity index is 3.68. The van der Waals surface area contributed by atoms with Gasteiger partial charge in [-0.3, -0.25) is 0 Å². The summed E-state index contributed by atoms with van der Waals surface area (Å²) in [4.78, 5) is 0. The maximum atomic E-state index is 9.53. The van der Waals surface area contributed by atoms with Gasteiger partial charge in [-0.1, -0.05) is 55.6 Å². The number of hydrogen-bond acceptors (Lipinski definition) is 2. The molecular formula is C10H11Cl3O2. The van der Waals surface area contributed by atoms with E-state index in [9.17, 15) is 10.2 Å². The van der Waals surface area contributed by atoms with Crippen molar-refractivity contribution in [2.24, 2.45) is 0 Å². The summed E-state index contributed by atoms with van der Waals surface area (Å²) in [6, 6.07) is 0. The molecule has 0 amide bonds. The predicted octanol–water partition coefficient (Wildman–Crippen LogP) is 4.36.